The summed E-state index contributed by atoms with van der Waals surface area (Å²) < 4.78 is 6.98. The number of carbonyl (C=O) groups is 2. The molecule has 2 rings (SSSR count). The molecule has 0 spiro atoms. The van der Waals surface area contributed by atoms with Gasteiger partial charge in [0, 0.05) is 20.1 Å². The molecule has 1 heterocycles. The van der Waals surface area contributed by atoms with E-state index >= 15 is 0 Å². The lowest BCUT2D eigenvalue weighted by Crippen LogP contribution is -2.47. The number of nitrogens with one attached hydrogen (secondary N) is 1. The van der Waals surface area contributed by atoms with Crippen LogP contribution in [0.5, 0.6) is 5.75 Å². The van der Waals surface area contributed by atoms with E-state index in [1.165, 1.54) is 21.4 Å². The largest absolute Gasteiger partial charge is 0.483 e. The summed E-state index contributed by atoms with van der Waals surface area (Å²) in [5, 5.41) is 0. The van der Waals surface area contributed by atoms with Crippen LogP contribution in [0, 0.1) is 25.7 Å². The lowest BCUT2D eigenvalue weighted by molar-refractivity contribution is -0.135. The summed E-state index contributed by atoms with van der Waals surface area (Å²) in [7, 11) is 1.50. The first-order valence-corrected chi connectivity index (χ1v) is 11.7. The number of rotatable bonds is 10. The van der Waals surface area contributed by atoms with Crippen LogP contribution >= 0.6 is 0 Å². The van der Waals surface area contributed by atoms with E-state index in [-0.39, 0.29) is 49.6 Å². The van der Waals surface area contributed by atoms with Gasteiger partial charge in [-0.3, -0.25) is 23.9 Å². The number of nitrogens with two attached hydrogens (primary N) is 1. The number of para-hydroxylation sites is 1. The van der Waals surface area contributed by atoms with Crippen molar-refractivity contribution in [2.45, 2.75) is 48.1 Å². The van der Waals surface area contributed by atoms with Crippen molar-refractivity contribution in [1.82, 2.24) is 14.5 Å². The zero-order chi connectivity index (χ0) is 26.4. The van der Waals surface area contributed by atoms with Gasteiger partial charge in [-0.15, -0.1) is 0 Å². The highest BCUT2D eigenvalue weighted by atomic mass is 16.5. The molecule has 2 amide bonds. The summed E-state index contributed by atoms with van der Waals surface area (Å²) in [6.07, 6.45) is 0. The van der Waals surface area contributed by atoms with Crippen molar-refractivity contribution in [3.05, 3.63) is 50.2 Å². The number of hydrogen-bond donors (Lipinski definition) is 2. The zero-order valence-corrected chi connectivity index (χ0v) is 21.7. The van der Waals surface area contributed by atoms with Crippen molar-refractivity contribution in [2.24, 2.45) is 11.8 Å². The number of aromatic nitrogens is 2. The van der Waals surface area contributed by atoms with Gasteiger partial charge in [-0.1, -0.05) is 45.9 Å². The van der Waals surface area contributed by atoms with Crippen molar-refractivity contribution in [3.63, 3.8) is 0 Å². The van der Waals surface area contributed by atoms with Crippen molar-refractivity contribution < 1.29 is 14.3 Å². The molecule has 0 radical (unpaired) electrons. The molecule has 0 bridgehead atoms. The monoisotopic (exact) mass is 487 g/mol. The second-order valence-corrected chi connectivity index (χ2v) is 9.66. The molecule has 1 aromatic carbocycles. The molecule has 3 N–H and O–H groups in total. The Morgan fingerprint density at radius 3 is 2.20 bits per heavy atom. The van der Waals surface area contributed by atoms with Gasteiger partial charge in [0.15, 0.2) is 12.3 Å². The number of benzene rings is 1. The predicted molar refractivity (Wildman–Crippen MR) is 137 cm³/mol. The number of aryl methyl sites for hydroxylation is 2. The normalized spacial score (nSPS) is 11.1. The SMILES string of the molecule is Cc1cccc(C)c1OCC(=O)N(C)CC(=O)N(CC(C)C)c1c(N)n(CC(C)C)c(=O)[nH]c1=O. The minimum atomic E-state index is -0.742. The van der Waals surface area contributed by atoms with E-state index in [1.54, 1.807) is 0 Å². The molecule has 0 atom stereocenters. The molecule has 2 aromatic rings. The van der Waals surface area contributed by atoms with E-state index in [4.69, 9.17) is 10.5 Å². The third-order valence-electron chi connectivity index (χ3n) is 5.43. The highest BCUT2D eigenvalue weighted by molar-refractivity contribution is 5.98. The van der Waals surface area contributed by atoms with Crippen LogP contribution in [-0.2, 0) is 16.1 Å². The number of carbonyl (C=O) groups excluding carboxylic acids is 2. The second kappa shape index (κ2) is 11.7. The molecule has 0 aliphatic carbocycles. The van der Waals surface area contributed by atoms with E-state index < -0.39 is 23.1 Å². The van der Waals surface area contributed by atoms with Crippen LogP contribution < -0.4 is 26.6 Å². The molecule has 0 unspecified atom stereocenters. The fraction of sp³-hybridized carbons (Fsp3) is 0.520. The molecule has 0 aliphatic rings. The molecule has 0 aliphatic heterocycles. The molecule has 0 saturated heterocycles. The van der Waals surface area contributed by atoms with E-state index in [0.29, 0.717) is 5.75 Å². The Morgan fingerprint density at radius 2 is 1.66 bits per heavy atom. The van der Waals surface area contributed by atoms with Crippen molar-refractivity contribution in [1.29, 1.82) is 0 Å². The first kappa shape index (κ1) is 27.7. The molecule has 10 heteroatoms. The van der Waals surface area contributed by atoms with Crippen LogP contribution in [-0.4, -0.2) is 53.0 Å². The summed E-state index contributed by atoms with van der Waals surface area (Å²) in [5.41, 5.74) is 6.59. The number of hydrogen-bond acceptors (Lipinski definition) is 6. The minimum absolute atomic E-state index is 0.00315. The van der Waals surface area contributed by atoms with Crippen molar-refractivity contribution in [2.75, 3.05) is 37.4 Å². The molecule has 0 saturated carbocycles. The van der Waals surface area contributed by atoms with Gasteiger partial charge in [-0.05, 0) is 36.8 Å². The number of nitrogen functional groups attached to an aromatic ring is 1. The maximum absolute atomic E-state index is 13.3. The molecule has 0 fully saturated rings. The molecule has 1 aromatic heterocycles. The topological polar surface area (TPSA) is 131 Å². The summed E-state index contributed by atoms with van der Waals surface area (Å²) in [5.74, 6) is -0.242. The maximum atomic E-state index is 13.3. The van der Waals surface area contributed by atoms with Crippen LogP contribution in [0.25, 0.3) is 0 Å². The Hall–Kier alpha value is -3.56. The number of likely N-dealkylation sites (N-methyl/N-ethyl adjacent to an activating group) is 1. The van der Waals surface area contributed by atoms with Crippen LogP contribution in [0.15, 0.2) is 27.8 Å². The lowest BCUT2D eigenvalue weighted by Gasteiger charge is -2.28. The van der Waals surface area contributed by atoms with Crippen LogP contribution in [0.2, 0.25) is 0 Å². The minimum Gasteiger partial charge on any atom is -0.483 e. The van der Waals surface area contributed by atoms with Gasteiger partial charge in [0.25, 0.3) is 11.5 Å². The van der Waals surface area contributed by atoms with E-state index in [0.717, 1.165) is 11.1 Å². The van der Waals surface area contributed by atoms with Gasteiger partial charge in [-0.2, -0.15) is 0 Å². The number of anilines is 2. The number of ether oxygens (including phenoxy) is 1. The smallest absolute Gasteiger partial charge is 0.330 e. The van der Waals surface area contributed by atoms with E-state index in [1.807, 2.05) is 59.7 Å². The predicted octanol–water partition coefficient (Wildman–Crippen LogP) is 1.92. The molecule has 192 valence electrons. The van der Waals surface area contributed by atoms with Crippen LogP contribution in [0.4, 0.5) is 11.5 Å². The molecule has 10 nitrogen and oxygen atoms in total. The lowest BCUT2D eigenvalue weighted by atomic mass is 10.1. The first-order valence-electron chi connectivity index (χ1n) is 11.7. The number of amides is 2. The molecular weight excluding hydrogens is 450 g/mol. The fourth-order valence-electron chi connectivity index (χ4n) is 3.71. The summed E-state index contributed by atoms with van der Waals surface area (Å²) in [6.45, 7) is 11.3. The van der Waals surface area contributed by atoms with E-state index in [2.05, 4.69) is 4.98 Å². The second-order valence-electron chi connectivity index (χ2n) is 9.66. The Labute approximate surface area is 205 Å². The van der Waals surface area contributed by atoms with Gasteiger partial charge >= 0.3 is 5.69 Å². The summed E-state index contributed by atoms with van der Waals surface area (Å²) >= 11 is 0. The van der Waals surface area contributed by atoms with Crippen molar-refractivity contribution in [3.8, 4) is 5.75 Å². The highest BCUT2D eigenvalue weighted by Gasteiger charge is 2.27. The Balaban J connectivity index is 2.27. The third-order valence-corrected chi connectivity index (χ3v) is 5.43. The fourth-order valence-corrected chi connectivity index (χ4v) is 3.71. The quantitative estimate of drug-likeness (QED) is 0.526. The van der Waals surface area contributed by atoms with Crippen LogP contribution in [0.3, 0.4) is 0 Å². The zero-order valence-electron chi connectivity index (χ0n) is 21.7. The number of aromatic amines is 1. The Bertz CT molecular complexity index is 1160. The summed E-state index contributed by atoms with van der Waals surface area (Å²) in [4.78, 5) is 55.8. The van der Waals surface area contributed by atoms with Gasteiger partial charge in [0.2, 0.25) is 5.91 Å². The standard InChI is InChI=1S/C25H37N5O5/c1-15(2)11-29(21-23(26)30(12-16(3)4)25(34)27-24(21)33)19(31)13-28(7)20(32)14-35-22-17(5)9-8-10-18(22)6/h8-10,15-16H,11-14,26H2,1-7H3,(H,27,33,34). The van der Waals surface area contributed by atoms with E-state index in [9.17, 15) is 19.2 Å². The molecular formula is C25H37N5O5. The average molecular weight is 488 g/mol. The Morgan fingerprint density at radius 1 is 1.06 bits per heavy atom. The first-order chi connectivity index (χ1) is 16.3. The third kappa shape index (κ3) is 6.97. The maximum Gasteiger partial charge on any atom is 0.330 e. The van der Waals surface area contributed by atoms with Gasteiger partial charge in [0.1, 0.15) is 11.6 Å². The summed E-state index contributed by atoms with van der Waals surface area (Å²) in [6, 6.07) is 5.69. The number of nitrogens with zero attached hydrogens (tertiary/aromatic N) is 3. The average Bonchev–Trinajstić information content (AvgIpc) is 2.74. The van der Waals surface area contributed by atoms with Crippen molar-refractivity contribution >= 4 is 23.3 Å². The van der Waals surface area contributed by atoms with Gasteiger partial charge < -0.3 is 20.3 Å². The van der Waals surface area contributed by atoms with Gasteiger partial charge in [0.05, 0.1) is 6.54 Å². The highest BCUT2D eigenvalue weighted by Crippen LogP contribution is 2.22. The number of H-pyrrole nitrogens is 1. The van der Waals surface area contributed by atoms with Crippen LogP contribution in [0.1, 0.15) is 38.8 Å². The molecule has 35 heavy (non-hydrogen) atoms. The Kier molecular flexibility index (Phi) is 9.27. The van der Waals surface area contributed by atoms with Gasteiger partial charge in [-0.25, -0.2) is 4.79 Å².